The summed E-state index contributed by atoms with van der Waals surface area (Å²) in [5.74, 6) is 1.62. The number of rotatable bonds is 5. The van der Waals surface area contributed by atoms with E-state index in [0.29, 0.717) is 5.92 Å². The lowest BCUT2D eigenvalue weighted by molar-refractivity contribution is -0.130. The number of hydrogen-bond acceptors (Lipinski definition) is 3. The molecule has 2 aliphatic rings. The molecule has 1 aliphatic heterocycles. The maximum Gasteiger partial charge on any atom is 0.227 e. The molecule has 1 saturated heterocycles. The van der Waals surface area contributed by atoms with E-state index < -0.39 is 0 Å². The van der Waals surface area contributed by atoms with Crippen molar-refractivity contribution in [3.05, 3.63) is 29.8 Å². The number of nitrogens with one attached hydrogen (secondary N) is 2. The van der Waals surface area contributed by atoms with E-state index in [4.69, 9.17) is 4.74 Å². The third kappa shape index (κ3) is 3.05. The molecule has 1 amide bonds. The Balaban J connectivity index is 1.73. The van der Waals surface area contributed by atoms with Gasteiger partial charge in [0, 0.05) is 6.54 Å². The summed E-state index contributed by atoms with van der Waals surface area (Å²) in [7, 11) is 1.67. The van der Waals surface area contributed by atoms with Crippen molar-refractivity contribution in [2.75, 3.05) is 20.2 Å². The number of methoxy groups -OCH3 is 1. The zero-order valence-electron chi connectivity index (χ0n) is 12.8. The van der Waals surface area contributed by atoms with E-state index >= 15 is 0 Å². The van der Waals surface area contributed by atoms with Crippen LogP contribution in [0.4, 0.5) is 0 Å². The Morgan fingerprint density at radius 1 is 1.38 bits per heavy atom. The number of carbonyl (C=O) groups excluding carboxylic acids is 1. The quantitative estimate of drug-likeness (QED) is 0.874. The number of amides is 1. The smallest absolute Gasteiger partial charge is 0.227 e. The van der Waals surface area contributed by atoms with Crippen molar-refractivity contribution in [1.29, 1.82) is 0 Å². The van der Waals surface area contributed by atoms with Crippen molar-refractivity contribution in [3.8, 4) is 5.75 Å². The molecule has 0 bridgehead atoms. The Kier molecular flexibility index (Phi) is 3.89. The Morgan fingerprint density at radius 2 is 2.10 bits per heavy atom. The molecular weight excluding hydrogens is 264 g/mol. The Labute approximate surface area is 126 Å². The molecule has 4 heteroatoms. The molecule has 1 aliphatic carbocycles. The lowest BCUT2D eigenvalue weighted by Gasteiger charge is -2.26. The highest BCUT2D eigenvalue weighted by Gasteiger charge is 2.40. The van der Waals surface area contributed by atoms with Crippen LogP contribution in [0.25, 0.3) is 0 Å². The summed E-state index contributed by atoms with van der Waals surface area (Å²) in [6.45, 7) is 3.76. The molecule has 0 radical (unpaired) electrons. The summed E-state index contributed by atoms with van der Waals surface area (Å²) < 4.78 is 5.21. The van der Waals surface area contributed by atoms with Crippen molar-refractivity contribution in [1.82, 2.24) is 10.6 Å². The summed E-state index contributed by atoms with van der Waals surface area (Å²) in [6, 6.07) is 8.21. The van der Waals surface area contributed by atoms with Gasteiger partial charge in [-0.3, -0.25) is 4.79 Å². The number of hydrogen-bond donors (Lipinski definition) is 2. The van der Waals surface area contributed by atoms with Gasteiger partial charge in [-0.05, 0) is 56.3 Å². The third-order valence-corrected chi connectivity index (χ3v) is 4.77. The van der Waals surface area contributed by atoms with Crippen LogP contribution in [-0.4, -0.2) is 26.1 Å². The van der Waals surface area contributed by atoms with Crippen LogP contribution in [0.2, 0.25) is 0 Å². The van der Waals surface area contributed by atoms with Gasteiger partial charge in [-0.15, -0.1) is 0 Å². The van der Waals surface area contributed by atoms with Gasteiger partial charge in [-0.2, -0.15) is 0 Å². The Hall–Kier alpha value is -1.55. The van der Waals surface area contributed by atoms with Crippen LogP contribution in [0.5, 0.6) is 5.75 Å². The molecule has 0 spiro atoms. The van der Waals surface area contributed by atoms with Crippen LogP contribution >= 0.6 is 0 Å². The molecule has 4 nitrogen and oxygen atoms in total. The first-order chi connectivity index (χ1) is 10.1. The first-order valence-corrected chi connectivity index (χ1v) is 7.78. The summed E-state index contributed by atoms with van der Waals surface area (Å²) >= 11 is 0. The topological polar surface area (TPSA) is 50.4 Å². The lowest BCUT2D eigenvalue weighted by Crippen LogP contribution is -2.42. The van der Waals surface area contributed by atoms with E-state index in [2.05, 4.69) is 29.7 Å². The van der Waals surface area contributed by atoms with Gasteiger partial charge in [-0.25, -0.2) is 0 Å². The highest BCUT2D eigenvalue weighted by atomic mass is 16.5. The standard InChI is InChI=1S/C17H24N2O2/c1-17(9-10-18-11-17)16(20)19-15(12-3-4-12)13-5-7-14(21-2)8-6-13/h5-8,12,15,18H,3-4,9-11H2,1-2H3,(H,19,20). The minimum absolute atomic E-state index is 0.140. The van der Waals surface area contributed by atoms with Crippen molar-refractivity contribution in [2.45, 2.75) is 32.2 Å². The molecule has 3 rings (SSSR count). The molecule has 21 heavy (non-hydrogen) atoms. The largest absolute Gasteiger partial charge is 0.497 e. The molecular formula is C17H24N2O2. The van der Waals surface area contributed by atoms with E-state index in [1.165, 1.54) is 18.4 Å². The van der Waals surface area contributed by atoms with Crippen LogP contribution < -0.4 is 15.4 Å². The fourth-order valence-corrected chi connectivity index (χ4v) is 3.04. The molecule has 2 fully saturated rings. The van der Waals surface area contributed by atoms with E-state index in [1.54, 1.807) is 7.11 Å². The summed E-state index contributed by atoms with van der Waals surface area (Å²) in [6.07, 6.45) is 3.32. The number of benzene rings is 1. The van der Waals surface area contributed by atoms with Gasteiger partial charge in [-0.1, -0.05) is 12.1 Å². The van der Waals surface area contributed by atoms with Crippen molar-refractivity contribution >= 4 is 5.91 Å². The minimum atomic E-state index is -0.264. The maximum atomic E-state index is 12.6. The highest BCUT2D eigenvalue weighted by molar-refractivity contribution is 5.83. The molecule has 1 saturated carbocycles. The van der Waals surface area contributed by atoms with Crippen LogP contribution in [0.1, 0.15) is 37.8 Å². The van der Waals surface area contributed by atoms with Crippen LogP contribution in [0, 0.1) is 11.3 Å². The van der Waals surface area contributed by atoms with E-state index in [-0.39, 0.29) is 17.4 Å². The molecule has 2 unspecified atom stereocenters. The first kappa shape index (κ1) is 14.4. The van der Waals surface area contributed by atoms with Gasteiger partial charge in [0.05, 0.1) is 18.6 Å². The van der Waals surface area contributed by atoms with Crippen LogP contribution in [0.3, 0.4) is 0 Å². The van der Waals surface area contributed by atoms with E-state index in [9.17, 15) is 4.79 Å². The predicted octanol–water partition coefficient (Wildman–Crippen LogP) is 2.26. The Morgan fingerprint density at radius 3 is 2.62 bits per heavy atom. The first-order valence-electron chi connectivity index (χ1n) is 7.78. The minimum Gasteiger partial charge on any atom is -0.497 e. The predicted molar refractivity (Wildman–Crippen MR) is 82.2 cm³/mol. The highest BCUT2D eigenvalue weighted by Crippen LogP contribution is 2.42. The average molecular weight is 288 g/mol. The molecule has 2 atom stereocenters. The molecule has 0 aromatic heterocycles. The van der Waals surface area contributed by atoms with Crippen molar-refractivity contribution in [3.63, 3.8) is 0 Å². The second-order valence-corrected chi connectivity index (χ2v) is 6.55. The molecule has 1 aromatic carbocycles. The summed E-state index contributed by atoms with van der Waals surface area (Å²) in [5, 5.41) is 6.58. The van der Waals surface area contributed by atoms with Gasteiger partial charge >= 0.3 is 0 Å². The monoisotopic (exact) mass is 288 g/mol. The molecule has 1 heterocycles. The van der Waals surface area contributed by atoms with Gasteiger partial charge in [0.25, 0.3) is 0 Å². The second kappa shape index (κ2) is 5.68. The third-order valence-electron chi connectivity index (χ3n) is 4.77. The zero-order valence-corrected chi connectivity index (χ0v) is 12.8. The van der Waals surface area contributed by atoms with Crippen molar-refractivity contribution in [2.24, 2.45) is 11.3 Å². The van der Waals surface area contributed by atoms with Gasteiger partial charge in [0.15, 0.2) is 0 Å². The summed E-state index contributed by atoms with van der Waals surface area (Å²) in [4.78, 5) is 12.6. The van der Waals surface area contributed by atoms with Crippen LogP contribution in [0.15, 0.2) is 24.3 Å². The van der Waals surface area contributed by atoms with Crippen molar-refractivity contribution < 1.29 is 9.53 Å². The van der Waals surface area contributed by atoms with E-state index in [1.807, 2.05) is 12.1 Å². The van der Waals surface area contributed by atoms with Gasteiger partial charge < -0.3 is 15.4 Å². The normalized spacial score (nSPS) is 26.4. The van der Waals surface area contributed by atoms with E-state index in [0.717, 1.165) is 25.3 Å². The fraction of sp³-hybridized carbons (Fsp3) is 0.588. The Bertz CT molecular complexity index is 502. The summed E-state index contributed by atoms with van der Waals surface area (Å²) in [5.41, 5.74) is 0.917. The number of ether oxygens (including phenoxy) is 1. The second-order valence-electron chi connectivity index (χ2n) is 6.55. The fourth-order valence-electron chi connectivity index (χ4n) is 3.04. The maximum absolute atomic E-state index is 12.6. The molecule has 114 valence electrons. The average Bonchev–Trinajstić information content (AvgIpc) is 3.25. The SMILES string of the molecule is COc1ccc(C(NC(=O)C2(C)CCNC2)C2CC2)cc1. The van der Waals surface area contributed by atoms with Crippen LogP contribution in [-0.2, 0) is 4.79 Å². The molecule has 1 aromatic rings. The number of carbonyl (C=O) groups is 1. The zero-order chi connectivity index (χ0) is 14.9. The van der Waals surface area contributed by atoms with Gasteiger partial charge in [0.1, 0.15) is 5.75 Å². The lowest BCUT2D eigenvalue weighted by atomic mass is 9.88. The molecule has 2 N–H and O–H groups in total. The van der Waals surface area contributed by atoms with Gasteiger partial charge in [0.2, 0.25) is 5.91 Å².